The maximum Gasteiger partial charge on any atom is 0.418 e. The van der Waals surface area contributed by atoms with Gasteiger partial charge in [-0.15, -0.1) is 0 Å². The van der Waals surface area contributed by atoms with E-state index in [9.17, 15) is 23.2 Å². The van der Waals surface area contributed by atoms with Gasteiger partial charge < -0.3 is 0 Å². The van der Waals surface area contributed by atoms with E-state index in [1.807, 2.05) is 0 Å². The lowest BCUT2D eigenvalue weighted by atomic mass is 9.91. The molecule has 0 saturated heterocycles. The van der Waals surface area contributed by atoms with Crippen LogP contribution in [-0.4, -0.2) is 16.0 Å². The van der Waals surface area contributed by atoms with Gasteiger partial charge in [-0.25, -0.2) is 4.98 Å². The summed E-state index contributed by atoms with van der Waals surface area (Å²) in [6.07, 6.45) is -0.531. The van der Waals surface area contributed by atoms with Gasteiger partial charge in [-0.1, -0.05) is 24.6 Å². The Kier molecular flexibility index (Phi) is 5.92. The third-order valence-electron chi connectivity index (χ3n) is 4.20. The minimum Gasteiger partial charge on any atom is -0.299 e. The maximum atomic E-state index is 13.7. The van der Waals surface area contributed by atoms with Gasteiger partial charge >= 0.3 is 6.18 Å². The Bertz CT molecular complexity index is 680. The van der Waals surface area contributed by atoms with Crippen molar-refractivity contribution in [3.8, 4) is 6.07 Å². The molecule has 0 unspecified atom stereocenters. The number of thioether (sulfide) groups is 1. The highest BCUT2D eigenvalue weighted by atomic mass is 32.2. The molecule has 0 bridgehead atoms. The summed E-state index contributed by atoms with van der Waals surface area (Å²) in [4.78, 5) is 15.8. The number of rotatable bonds is 3. The van der Waals surface area contributed by atoms with Crippen molar-refractivity contribution in [2.45, 2.75) is 68.8 Å². The van der Waals surface area contributed by atoms with Crippen molar-refractivity contribution in [3.63, 3.8) is 0 Å². The summed E-state index contributed by atoms with van der Waals surface area (Å²) < 4.78 is 41.0. The molecule has 0 spiro atoms. The van der Waals surface area contributed by atoms with Gasteiger partial charge in [0.2, 0.25) is 0 Å². The highest BCUT2D eigenvalue weighted by Crippen LogP contribution is 2.41. The van der Waals surface area contributed by atoms with Crippen molar-refractivity contribution >= 4 is 17.5 Å². The molecule has 0 radical (unpaired) electrons. The molecule has 0 amide bonds. The number of Topliss-reactive ketones (excluding diaryl/α,β-unsaturated/α-hetero) is 1. The summed E-state index contributed by atoms with van der Waals surface area (Å²) in [6, 6.07) is 1.69. The first kappa shape index (κ1) is 18.8. The molecule has 0 aromatic carbocycles. The van der Waals surface area contributed by atoms with Crippen LogP contribution >= 0.6 is 11.8 Å². The van der Waals surface area contributed by atoms with E-state index in [4.69, 9.17) is 0 Å². The number of carbonyl (C=O) groups is 1. The van der Waals surface area contributed by atoms with Gasteiger partial charge in [-0.3, -0.25) is 4.79 Å². The molecule has 1 heterocycles. The largest absolute Gasteiger partial charge is 0.418 e. The molecule has 0 aliphatic heterocycles. The molecule has 130 valence electrons. The van der Waals surface area contributed by atoms with Gasteiger partial charge in [0, 0.05) is 5.69 Å². The summed E-state index contributed by atoms with van der Waals surface area (Å²) in [5.74, 6) is -0.161. The number of fused-ring (bicyclic) bond motifs is 1. The van der Waals surface area contributed by atoms with Crippen molar-refractivity contribution in [2.75, 3.05) is 0 Å². The quantitative estimate of drug-likeness (QED) is 0.737. The zero-order valence-electron chi connectivity index (χ0n) is 13.7. The highest BCUT2D eigenvalue weighted by molar-refractivity contribution is 8.00. The summed E-state index contributed by atoms with van der Waals surface area (Å²) in [5.41, 5.74) is -0.701. The average Bonchev–Trinajstić information content (AvgIpc) is 2.46. The van der Waals surface area contributed by atoms with E-state index in [1.165, 1.54) is 6.92 Å². The minimum absolute atomic E-state index is 0.0202. The Morgan fingerprint density at radius 3 is 2.42 bits per heavy atom. The number of ketones is 1. The van der Waals surface area contributed by atoms with Crippen molar-refractivity contribution < 1.29 is 18.0 Å². The van der Waals surface area contributed by atoms with Crippen LogP contribution in [0.15, 0.2) is 5.03 Å². The Morgan fingerprint density at radius 2 is 1.88 bits per heavy atom. The van der Waals surface area contributed by atoms with E-state index in [0.29, 0.717) is 25.0 Å². The van der Waals surface area contributed by atoms with E-state index < -0.39 is 22.6 Å². The average molecular weight is 356 g/mol. The lowest BCUT2D eigenvalue weighted by Crippen LogP contribution is -2.19. The molecule has 1 atom stereocenters. The van der Waals surface area contributed by atoms with Crippen LogP contribution in [0.4, 0.5) is 13.2 Å². The predicted octanol–water partition coefficient (Wildman–Crippen LogP) is 4.70. The molecule has 1 aromatic rings. The zero-order valence-corrected chi connectivity index (χ0v) is 14.5. The lowest BCUT2D eigenvalue weighted by Gasteiger charge is -2.22. The summed E-state index contributed by atoms with van der Waals surface area (Å²) in [5, 5.41) is 8.83. The fourth-order valence-electron chi connectivity index (χ4n) is 2.82. The van der Waals surface area contributed by atoms with E-state index in [-0.39, 0.29) is 16.4 Å². The number of pyridine rings is 1. The molecular weight excluding hydrogens is 337 g/mol. The lowest BCUT2D eigenvalue weighted by molar-refractivity contribution is -0.138. The second-order valence-electron chi connectivity index (χ2n) is 5.99. The molecule has 2 rings (SSSR count). The first-order chi connectivity index (χ1) is 11.3. The van der Waals surface area contributed by atoms with Gasteiger partial charge in [0.25, 0.3) is 0 Å². The Morgan fingerprint density at radius 1 is 1.25 bits per heavy atom. The highest BCUT2D eigenvalue weighted by Gasteiger charge is 2.39. The number of hydrogen-bond acceptors (Lipinski definition) is 4. The number of hydrogen-bond donors (Lipinski definition) is 0. The smallest absolute Gasteiger partial charge is 0.299 e. The summed E-state index contributed by atoms with van der Waals surface area (Å²) in [7, 11) is 0. The van der Waals surface area contributed by atoms with Gasteiger partial charge in [0.05, 0.1) is 16.4 Å². The van der Waals surface area contributed by atoms with Crippen LogP contribution in [0.25, 0.3) is 0 Å². The monoisotopic (exact) mass is 356 g/mol. The SMILES string of the molecule is CC(=O)[C@@H](C)Sc1nc2c(c(C(F)(F)F)c1C#N)CCCCCC2. The van der Waals surface area contributed by atoms with Gasteiger partial charge in [0.1, 0.15) is 16.9 Å². The molecule has 1 aromatic heterocycles. The second-order valence-corrected chi connectivity index (χ2v) is 7.32. The van der Waals surface area contributed by atoms with Gasteiger partial charge in [-0.05, 0) is 45.1 Å². The second kappa shape index (κ2) is 7.56. The summed E-state index contributed by atoms with van der Waals surface area (Å²) >= 11 is 0.935. The van der Waals surface area contributed by atoms with Crippen molar-refractivity contribution in [3.05, 3.63) is 22.4 Å². The number of halogens is 3. The topological polar surface area (TPSA) is 53.8 Å². The van der Waals surface area contributed by atoms with E-state index in [1.54, 1.807) is 13.0 Å². The standard InChI is InChI=1S/C17H19F3N2OS/c1-10(23)11(2)24-16-13(9-21)15(17(18,19)20)12-7-5-3-4-6-8-14(12)22-16/h11H,3-8H2,1-2H3/t11-/m1/s1. The van der Waals surface area contributed by atoms with E-state index in [0.717, 1.165) is 31.0 Å². The number of nitriles is 1. The molecule has 7 heteroatoms. The number of aryl methyl sites for hydroxylation is 1. The van der Waals surface area contributed by atoms with Gasteiger partial charge in [0.15, 0.2) is 0 Å². The molecule has 0 saturated carbocycles. The first-order valence-electron chi connectivity index (χ1n) is 7.95. The third kappa shape index (κ3) is 4.10. The fraction of sp³-hybridized carbons (Fsp3) is 0.588. The Balaban J connectivity index is 2.66. The number of carbonyl (C=O) groups excluding carboxylic acids is 1. The van der Waals surface area contributed by atoms with Crippen LogP contribution in [0.5, 0.6) is 0 Å². The van der Waals surface area contributed by atoms with Crippen LogP contribution < -0.4 is 0 Å². The number of aromatic nitrogens is 1. The summed E-state index contributed by atoms with van der Waals surface area (Å²) in [6.45, 7) is 2.99. The van der Waals surface area contributed by atoms with Crippen LogP contribution in [0, 0.1) is 11.3 Å². The fourth-order valence-corrected chi connectivity index (χ4v) is 3.75. The van der Waals surface area contributed by atoms with Crippen molar-refractivity contribution in [1.29, 1.82) is 5.26 Å². The van der Waals surface area contributed by atoms with Gasteiger partial charge in [-0.2, -0.15) is 18.4 Å². The van der Waals surface area contributed by atoms with Crippen molar-refractivity contribution in [2.24, 2.45) is 0 Å². The van der Waals surface area contributed by atoms with E-state index in [2.05, 4.69) is 4.98 Å². The molecule has 0 fully saturated rings. The molecule has 24 heavy (non-hydrogen) atoms. The molecule has 1 aliphatic rings. The first-order valence-corrected chi connectivity index (χ1v) is 8.83. The Hall–Kier alpha value is -1.55. The zero-order chi connectivity index (χ0) is 17.9. The normalized spacial score (nSPS) is 16.5. The van der Waals surface area contributed by atoms with E-state index >= 15 is 0 Å². The number of alkyl halides is 3. The maximum absolute atomic E-state index is 13.7. The predicted molar refractivity (Wildman–Crippen MR) is 85.8 cm³/mol. The molecule has 3 nitrogen and oxygen atoms in total. The van der Waals surface area contributed by atoms with Crippen LogP contribution in [0.2, 0.25) is 0 Å². The van der Waals surface area contributed by atoms with Crippen LogP contribution in [0.1, 0.15) is 61.9 Å². The van der Waals surface area contributed by atoms with Crippen LogP contribution in [0.3, 0.4) is 0 Å². The molecule has 1 aliphatic carbocycles. The molecular formula is C17H19F3N2OS. The Labute approximate surface area is 143 Å². The number of nitrogens with zero attached hydrogens (tertiary/aromatic N) is 2. The third-order valence-corrected chi connectivity index (χ3v) is 5.40. The molecule has 0 N–H and O–H groups in total. The van der Waals surface area contributed by atoms with Crippen LogP contribution in [-0.2, 0) is 23.8 Å². The minimum atomic E-state index is -4.61. The van der Waals surface area contributed by atoms with Crippen molar-refractivity contribution in [1.82, 2.24) is 4.98 Å².